The van der Waals surface area contributed by atoms with Gasteiger partial charge in [-0.15, -0.1) is 0 Å². The van der Waals surface area contributed by atoms with Crippen LogP contribution in [0.2, 0.25) is 0 Å². The smallest absolute Gasteiger partial charge is 0.326 e. The van der Waals surface area contributed by atoms with Crippen LogP contribution in [0.1, 0.15) is 32.1 Å². The molecule has 0 radical (unpaired) electrons. The number of nitrogens with one attached hydrogen (secondary N) is 3. The third-order valence-corrected chi connectivity index (χ3v) is 2.48. The lowest BCUT2D eigenvalue weighted by atomic mass is 10.1. The zero-order chi connectivity index (χ0) is 14.7. The number of carbonyl (C=O) groups is 2. The molecule has 0 heterocycles. The van der Waals surface area contributed by atoms with Crippen LogP contribution in [-0.4, -0.2) is 42.1 Å². The number of amides is 1. The second-order valence-electron chi connectivity index (χ2n) is 4.19. The molecule has 0 aliphatic heterocycles. The summed E-state index contributed by atoms with van der Waals surface area (Å²) in [4.78, 5) is 22.5. The number of carboxylic acids is 1. The lowest BCUT2D eigenvalue weighted by molar-refractivity contribution is -0.142. The van der Waals surface area contributed by atoms with E-state index in [0.29, 0.717) is 25.9 Å². The Hall–Kier alpha value is -1.83. The zero-order valence-electron chi connectivity index (χ0n) is 10.9. The fourth-order valence-corrected chi connectivity index (χ4v) is 1.48. The van der Waals surface area contributed by atoms with Gasteiger partial charge in [-0.2, -0.15) is 0 Å². The lowest BCUT2D eigenvalue weighted by Gasteiger charge is -2.14. The highest BCUT2D eigenvalue weighted by molar-refractivity contribution is 5.83. The van der Waals surface area contributed by atoms with Crippen LogP contribution in [0.5, 0.6) is 0 Å². The maximum Gasteiger partial charge on any atom is 0.326 e. The van der Waals surface area contributed by atoms with Gasteiger partial charge >= 0.3 is 5.97 Å². The first-order valence-corrected chi connectivity index (χ1v) is 6.27. The predicted molar refractivity (Wildman–Crippen MR) is 71.6 cm³/mol. The summed E-state index contributed by atoms with van der Waals surface area (Å²) in [5.41, 5.74) is 10.4. The topological polar surface area (TPSA) is 154 Å². The molecule has 0 saturated carbocycles. The van der Waals surface area contributed by atoms with Gasteiger partial charge in [-0.3, -0.25) is 10.2 Å². The van der Waals surface area contributed by atoms with Gasteiger partial charge in [-0.05, 0) is 32.2 Å². The van der Waals surface area contributed by atoms with E-state index in [2.05, 4.69) is 10.6 Å². The Morgan fingerprint density at radius 2 is 1.95 bits per heavy atom. The molecule has 19 heavy (non-hydrogen) atoms. The van der Waals surface area contributed by atoms with Crippen molar-refractivity contribution in [3.8, 4) is 0 Å². The van der Waals surface area contributed by atoms with E-state index < -0.39 is 12.0 Å². The molecule has 0 aliphatic carbocycles. The molecule has 0 bridgehead atoms. The minimum Gasteiger partial charge on any atom is -0.480 e. The summed E-state index contributed by atoms with van der Waals surface area (Å²) in [5.74, 6) is -1.49. The second kappa shape index (κ2) is 10.1. The van der Waals surface area contributed by atoms with Crippen molar-refractivity contribution in [2.24, 2.45) is 11.5 Å². The fraction of sp³-hybridized carbons (Fsp3) is 0.727. The average Bonchev–Trinajstić information content (AvgIpc) is 2.32. The van der Waals surface area contributed by atoms with Crippen molar-refractivity contribution in [1.29, 1.82) is 5.41 Å². The van der Waals surface area contributed by atoms with E-state index in [9.17, 15) is 9.59 Å². The van der Waals surface area contributed by atoms with Crippen LogP contribution >= 0.6 is 0 Å². The van der Waals surface area contributed by atoms with Crippen molar-refractivity contribution >= 4 is 17.8 Å². The van der Waals surface area contributed by atoms with Gasteiger partial charge in [0.15, 0.2) is 5.96 Å². The molecule has 8 N–H and O–H groups in total. The molecule has 0 aromatic heterocycles. The maximum atomic E-state index is 11.5. The van der Waals surface area contributed by atoms with Gasteiger partial charge in [0, 0.05) is 13.0 Å². The molecule has 0 spiro atoms. The second-order valence-corrected chi connectivity index (χ2v) is 4.19. The van der Waals surface area contributed by atoms with Crippen molar-refractivity contribution in [1.82, 2.24) is 10.6 Å². The van der Waals surface area contributed by atoms with Crippen molar-refractivity contribution in [3.63, 3.8) is 0 Å². The Morgan fingerprint density at radius 1 is 1.26 bits per heavy atom. The lowest BCUT2D eigenvalue weighted by Crippen LogP contribution is -2.41. The van der Waals surface area contributed by atoms with Crippen molar-refractivity contribution < 1.29 is 14.7 Å². The van der Waals surface area contributed by atoms with Crippen LogP contribution in [0.4, 0.5) is 0 Å². The molecule has 0 fully saturated rings. The molecule has 0 aliphatic rings. The molecule has 0 unspecified atom stereocenters. The third kappa shape index (κ3) is 9.83. The van der Waals surface area contributed by atoms with Gasteiger partial charge in [0.2, 0.25) is 5.91 Å². The number of rotatable bonds is 10. The number of carboxylic acid groups (broad SMARTS) is 1. The van der Waals surface area contributed by atoms with Crippen LogP contribution in [0.3, 0.4) is 0 Å². The monoisotopic (exact) mass is 273 g/mol. The zero-order valence-corrected chi connectivity index (χ0v) is 10.9. The van der Waals surface area contributed by atoms with Gasteiger partial charge in [0.1, 0.15) is 6.04 Å². The molecule has 1 amide bonds. The highest BCUT2D eigenvalue weighted by Crippen LogP contribution is 2.00. The molecule has 0 aromatic carbocycles. The number of unbranched alkanes of at least 4 members (excludes halogenated alkanes) is 1. The predicted octanol–water partition coefficient (Wildman–Crippen LogP) is -1.05. The molecule has 8 heteroatoms. The Balaban J connectivity index is 3.94. The average molecular weight is 273 g/mol. The van der Waals surface area contributed by atoms with Crippen LogP contribution in [0, 0.1) is 5.41 Å². The van der Waals surface area contributed by atoms with E-state index in [1.165, 1.54) is 0 Å². The molecular weight excluding hydrogens is 250 g/mol. The molecule has 0 aromatic rings. The van der Waals surface area contributed by atoms with Gasteiger partial charge < -0.3 is 27.2 Å². The van der Waals surface area contributed by atoms with E-state index in [1.54, 1.807) is 0 Å². The van der Waals surface area contributed by atoms with Crippen LogP contribution in [0.25, 0.3) is 0 Å². The number of guanidine groups is 1. The van der Waals surface area contributed by atoms with E-state index in [0.717, 1.165) is 6.42 Å². The molecule has 1 atom stereocenters. The summed E-state index contributed by atoms with van der Waals surface area (Å²) >= 11 is 0. The van der Waals surface area contributed by atoms with E-state index in [-0.39, 0.29) is 24.7 Å². The van der Waals surface area contributed by atoms with Crippen molar-refractivity contribution in [2.75, 3.05) is 13.1 Å². The van der Waals surface area contributed by atoms with Crippen molar-refractivity contribution in [2.45, 2.75) is 38.1 Å². The summed E-state index contributed by atoms with van der Waals surface area (Å²) in [5, 5.41) is 21.0. The van der Waals surface area contributed by atoms with Gasteiger partial charge in [-0.25, -0.2) is 4.79 Å². The van der Waals surface area contributed by atoms with E-state index in [1.807, 2.05) is 0 Å². The van der Waals surface area contributed by atoms with E-state index in [4.69, 9.17) is 22.0 Å². The molecule has 8 nitrogen and oxygen atoms in total. The Kier molecular flexibility index (Phi) is 9.15. The van der Waals surface area contributed by atoms with Gasteiger partial charge in [-0.1, -0.05) is 0 Å². The summed E-state index contributed by atoms with van der Waals surface area (Å²) < 4.78 is 0. The van der Waals surface area contributed by atoms with E-state index >= 15 is 0 Å². The van der Waals surface area contributed by atoms with Crippen LogP contribution in [-0.2, 0) is 9.59 Å². The molecule has 110 valence electrons. The summed E-state index contributed by atoms with van der Waals surface area (Å²) in [6, 6.07) is -0.904. The largest absolute Gasteiger partial charge is 0.480 e. The van der Waals surface area contributed by atoms with Gasteiger partial charge in [0.05, 0.1) is 0 Å². The highest BCUT2D eigenvalue weighted by atomic mass is 16.4. The SMILES string of the molecule is N=C(N)NCCC[C@H](NC(=O)CCCCN)C(=O)O. The minimum absolute atomic E-state index is 0.155. The number of aliphatic carboxylic acids is 1. The summed E-state index contributed by atoms with van der Waals surface area (Å²) in [6.45, 7) is 0.925. The molecular formula is C11H23N5O3. The van der Waals surface area contributed by atoms with Gasteiger partial charge in [0.25, 0.3) is 0 Å². The third-order valence-electron chi connectivity index (χ3n) is 2.48. The number of nitrogens with two attached hydrogens (primary N) is 2. The van der Waals surface area contributed by atoms with Crippen molar-refractivity contribution in [3.05, 3.63) is 0 Å². The Morgan fingerprint density at radius 3 is 2.47 bits per heavy atom. The Bertz CT molecular complexity index is 309. The first-order chi connectivity index (χ1) is 8.97. The minimum atomic E-state index is -1.06. The van der Waals surface area contributed by atoms with Crippen LogP contribution < -0.4 is 22.1 Å². The maximum absolute atomic E-state index is 11.5. The normalized spacial score (nSPS) is 11.6. The summed E-state index contributed by atoms with van der Waals surface area (Å²) in [6.07, 6.45) is 2.47. The number of hydrogen-bond acceptors (Lipinski definition) is 4. The Labute approximate surface area is 112 Å². The fourth-order valence-electron chi connectivity index (χ4n) is 1.48. The quantitative estimate of drug-likeness (QED) is 0.169. The molecule has 0 saturated heterocycles. The first-order valence-electron chi connectivity index (χ1n) is 6.27. The molecule has 0 rings (SSSR count). The summed E-state index contributed by atoms with van der Waals surface area (Å²) in [7, 11) is 0. The first kappa shape index (κ1) is 17.2. The van der Waals surface area contributed by atoms with Crippen LogP contribution in [0.15, 0.2) is 0 Å². The highest BCUT2D eigenvalue weighted by Gasteiger charge is 2.18. The standard InChI is InChI=1S/C11H23N5O3/c12-6-2-1-5-9(17)16-8(10(18)19)4-3-7-15-11(13)14/h8H,1-7,12H2,(H,16,17)(H,18,19)(H4,13,14,15)/t8-/m0/s1. The number of hydrogen-bond donors (Lipinski definition) is 6. The number of carbonyl (C=O) groups excluding carboxylic acids is 1.